The smallest absolute Gasteiger partial charge is 0.344 e. The molecule has 1 heterocycles. The highest BCUT2D eigenvalue weighted by molar-refractivity contribution is 5.85. The largest absolute Gasteiger partial charge is 0.481 e. The van der Waals surface area contributed by atoms with Gasteiger partial charge in [0, 0.05) is 17.0 Å². The summed E-state index contributed by atoms with van der Waals surface area (Å²) in [6.45, 7) is 7.16. The third-order valence-corrected chi connectivity index (χ3v) is 3.29. The Labute approximate surface area is 128 Å². The number of carbonyl (C=O) groups is 1. The van der Waals surface area contributed by atoms with E-state index in [4.69, 9.17) is 13.9 Å². The van der Waals surface area contributed by atoms with Crippen molar-refractivity contribution in [3.63, 3.8) is 0 Å². The van der Waals surface area contributed by atoms with E-state index < -0.39 is 11.6 Å². The van der Waals surface area contributed by atoms with Crippen molar-refractivity contribution in [3.8, 4) is 5.75 Å². The van der Waals surface area contributed by atoms with Gasteiger partial charge in [0.1, 0.15) is 17.9 Å². The number of ether oxygens (including phenoxy) is 2. The first-order valence-corrected chi connectivity index (χ1v) is 7.02. The van der Waals surface area contributed by atoms with Gasteiger partial charge >= 0.3 is 11.6 Å². The molecule has 116 valence electrons. The second kappa shape index (κ2) is 6.93. The Morgan fingerprint density at radius 2 is 2.18 bits per heavy atom. The van der Waals surface area contributed by atoms with Crippen LogP contribution in [0.3, 0.4) is 0 Å². The molecule has 0 unspecified atom stereocenters. The van der Waals surface area contributed by atoms with Gasteiger partial charge in [-0.15, -0.1) is 0 Å². The number of carbonyl (C=O) groups excluding carboxylic acids is 1. The van der Waals surface area contributed by atoms with E-state index in [-0.39, 0.29) is 13.2 Å². The van der Waals surface area contributed by atoms with Crippen molar-refractivity contribution in [3.05, 3.63) is 52.4 Å². The molecule has 0 saturated carbocycles. The van der Waals surface area contributed by atoms with E-state index in [1.54, 1.807) is 13.0 Å². The summed E-state index contributed by atoms with van der Waals surface area (Å²) in [7, 11) is 0. The third-order valence-electron chi connectivity index (χ3n) is 3.29. The predicted octanol–water partition coefficient (Wildman–Crippen LogP) is 2.77. The lowest BCUT2D eigenvalue weighted by Crippen LogP contribution is -2.15. The van der Waals surface area contributed by atoms with Gasteiger partial charge in [-0.3, -0.25) is 0 Å². The van der Waals surface area contributed by atoms with Crippen molar-refractivity contribution in [1.29, 1.82) is 0 Å². The zero-order chi connectivity index (χ0) is 16.1. The van der Waals surface area contributed by atoms with Gasteiger partial charge in [-0.1, -0.05) is 19.6 Å². The molecule has 0 amide bonds. The van der Waals surface area contributed by atoms with Crippen molar-refractivity contribution in [1.82, 2.24) is 0 Å². The van der Waals surface area contributed by atoms with Crippen LogP contribution in [0.1, 0.15) is 18.1 Å². The molecule has 0 N–H and O–H groups in total. The van der Waals surface area contributed by atoms with Crippen LogP contribution in [0.4, 0.5) is 0 Å². The molecule has 0 saturated heterocycles. The van der Waals surface area contributed by atoms with Gasteiger partial charge < -0.3 is 13.9 Å². The zero-order valence-electron chi connectivity index (χ0n) is 12.7. The Hall–Kier alpha value is -2.56. The lowest BCUT2D eigenvalue weighted by molar-refractivity contribution is -0.144. The third kappa shape index (κ3) is 3.36. The molecule has 5 heteroatoms. The minimum Gasteiger partial charge on any atom is -0.481 e. The minimum absolute atomic E-state index is 0.146. The Morgan fingerprint density at radius 3 is 2.86 bits per heavy atom. The van der Waals surface area contributed by atoms with E-state index in [1.807, 2.05) is 13.0 Å². The Kier molecular flexibility index (Phi) is 4.99. The number of benzene rings is 1. The fraction of sp³-hybridized carbons (Fsp3) is 0.294. The zero-order valence-corrected chi connectivity index (χ0v) is 12.7. The molecule has 2 aromatic rings. The van der Waals surface area contributed by atoms with Crippen LogP contribution in [0.25, 0.3) is 11.0 Å². The second-order valence-corrected chi connectivity index (χ2v) is 4.77. The van der Waals surface area contributed by atoms with Gasteiger partial charge in [0.25, 0.3) is 0 Å². The maximum atomic E-state index is 11.6. The minimum atomic E-state index is -0.483. The highest BCUT2D eigenvalue weighted by atomic mass is 16.6. The number of aryl methyl sites for hydroxylation is 2. The fourth-order valence-electron chi connectivity index (χ4n) is 2.19. The van der Waals surface area contributed by atoms with Crippen molar-refractivity contribution >= 4 is 16.9 Å². The number of hydrogen-bond acceptors (Lipinski definition) is 5. The van der Waals surface area contributed by atoms with E-state index in [0.717, 1.165) is 17.4 Å². The van der Waals surface area contributed by atoms with Gasteiger partial charge in [0.05, 0.1) is 0 Å². The normalized spacial score (nSPS) is 10.5. The molecule has 0 spiro atoms. The molecule has 1 aromatic heterocycles. The van der Waals surface area contributed by atoms with E-state index in [0.29, 0.717) is 16.9 Å². The summed E-state index contributed by atoms with van der Waals surface area (Å²) in [4.78, 5) is 23.1. The number of esters is 1. The summed E-state index contributed by atoms with van der Waals surface area (Å²) in [5, 5.41) is 0.876. The monoisotopic (exact) mass is 302 g/mol. The van der Waals surface area contributed by atoms with Crippen molar-refractivity contribution in [2.24, 2.45) is 0 Å². The maximum Gasteiger partial charge on any atom is 0.344 e. The Bertz CT molecular complexity index is 757. The molecule has 0 bridgehead atoms. The lowest BCUT2D eigenvalue weighted by atomic mass is 10.0. The summed E-state index contributed by atoms with van der Waals surface area (Å²) in [5.41, 5.74) is 1.70. The van der Waals surface area contributed by atoms with E-state index >= 15 is 0 Å². The van der Waals surface area contributed by atoms with Crippen LogP contribution < -0.4 is 10.4 Å². The Morgan fingerprint density at radius 1 is 1.41 bits per heavy atom. The van der Waals surface area contributed by atoms with Gasteiger partial charge in [-0.25, -0.2) is 9.59 Å². The molecule has 0 aliphatic rings. The molecule has 2 rings (SSSR count). The standard InChI is InChI=1S/C17H18O5/c1-4-8-20-16(19)10-21-14-7-6-13-12(5-2)9-15(18)22-17(13)11(14)3/h4,6-7,9H,1,5,8,10H2,2-3H3. The summed E-state index contributed by atoms with van der Waals surface area (Å²) in [6.07, 6.45) is 2.22. The fourth-order valence-corrected chi connectivity index (χ4v) is 2.19. The average molecular weight is 302 g/mol. The van der Waals surface area contributed by atoms with Crippen LogP contribution in [0.5, 0.6) is 5.75 Å². The SMILES string of the molecule is C=CCOC(=O)COc1ccc2c(CC)cc(=O)oc2c1C. The maximum absolute atomic E-state index is 11.6. The van der Waals surface area contributed by atoms with Crippen molar-refractivity contribution in [2.75, 3.05) is 13.2 Å². The first-order chi connectivity index (χ1) is 10.6. The van der Waals surface area contributed by atoms with Gasteiger partial charge in [0.15, 0.2) is 6.61 Å². The molecule has 0 radical (unpaired) electrons. The second-order valence-electron chi connectivity index (χ2n) is 4.77. The molecule has 0 aliphatic carbocycles. The van der Waals surface area contributed by atoms with Crippen LogP contribution in [-0.4, -0.2) is 19.2 Å². The van der Waals surface area contributed by atoms with Crippen LogP contribution in [0, 0.1) is 6.92 Å². The van der Waals surface area contributed by atoms with Crippen molar-refractivity contribution in [2.45, 2.75) is 20.3 Å². The molecule has 0 atom stereocenters. The van der Waals surface area contributed by atoms with Crippen LogP contribution in [-0.2, 0) is 16.0 Å². The van der Waals surface area contributed by atoms with Crippen LogP contribution in [0.2, 0.25) is 0 Å². The highest BCUT2D eigenvalue weighted by Crippen LogP contribution is 2.28. The van der Waals surface area contributed by atoms with Gasteiger partial charge in [-0.2, -0.15) is 0 Å². The Balaban J connectivity index is 2.29. The summed E-state index contributed by atoms with van der Waals surface area (Å²) >= 11 is 0. The molecular formula is C17H18O5. The van der Waals surface area contributed by atoms with E-state index in [1.165, 1.54) is 12.1 Å². The summed E-state index contributed by atoms with van der Waals surface area (Å²) in [5.74, 6) is 0.00242. The molecule has 0 aliphatic heterocycles. The molecule has 22 heavy (non-hydrogen) atoms. The summed E-state index contributed by atoms with van der Waals surface area (Å²) < 4.78 is 15.6. The topological polar surface area (TPSA) is 65.7 Å². The number of rotatable bonds is 6. The highest BCUT2D eigenvalue weighted by Gasteiger charge is 2.12. The van der Waals surface area contributed by atoms with Crippen LogP contribution >= 0.6 is 0 Å². The molecular weight excluding hydrogens is 284 g/mol. The number of fused-ring (bicyclic) bond motifs is 1. The lowest BCUT2D eigenvalue weighted by Gasteiger charge is -2.11. The van der Waals surface area contributed by atoms with E-state index in [9.17, 15) is 9.59 Å². The predicted molar refractivity (Wildman–Crippen MR) is 83.3 cm³/mol. The number of hydrogen-bond donors (Lipinski definition) is 0. The van der Waals surface area contributed by atoms with Crippen LogP contribution in [0.15, 0.2) is 40.1 Å². The molecule has 1 aromatic carbocycles. The first kappa shape index (κ1) is 15.8. The average Bonchev–Trinajstić information content (AvgIpc) is 2.52. The quantitative estimate of drug-likeness (QED) is 0.466. The van der Waals surface area contributed by atoms with Gasteiger partial charge in [-0.05, 0) is 31.0 Å². The van der Waals surface area contributed by atoms with Crippen molar-refractivity contribution < 1.29 is 18.7 Å². The molecule has 0 fully saturated rings. The molecule has 5 nitrogen and oxygen atoms in total. The van der Waals surface area contributed by atoms with E-state index in [2.05, 4.69) is 6.58 Å². The summed E-state index contributed by atoms with van der Waals surface area (Å²) in [6, 6.07) is 5.08. The first-order valence-electron chi connectivity index (χ1n) is 7.02. The van der Waals surface area contributed by atoms with Gasteiger partial charge in [0.2, 0.25) is 0 Å².